The minimum absolute atomic E-state index is 0.579. The molecule has 4 aromatic rings. The molecule has 0 spiro atoms. The number of aromatic nitrogens is 4. The molecule has 0 atom stereocenters. The normalized spacial score (nSPS) is 11.3. The molecule has 0 amide bonds. The van der Waals surface area contributed by atoms with Crippen LogP contribution in [-0.4, -0.2) is 31.9 Å². The minimum Gasteiger partial charge on any atom is -0.419 e. The van der Waals surface area contributed by atoms with E-state index in [1.807, 2.05) is 72.0 Å². The van der Waals surface area contributed by atoms with Gasteiger partial charge in [-0.1, -0.05) is 24.3 Å². The average Bonchev–Trinajstić information content (AvgIpc) is 3.37. The predicted molar refractivity (Wildman–Crippen MR) is 96.3 cm³/mol. The lowest BCUT2D eigenvalue weighted by molar-refractivity contribution is 0.283. The highest BCUT2D eigenvalue weighted by atomic mass is 32.1. The molecule has 126 valence electrons. The summed E-state index contributed by atoms with van der Waals surface area (Å²) in [6, 6.07) is 14.0. The van der Waals surface area contributed by atoms with Crippen LogP contribution in [0.5, 0.6) is 0 Å². The van der Waals surface area contributed by atoms with Crippen molar-refractivity contribution < 1.29 is 4.42 Å². The molecular formula is C18H17N5OS. The number of nitrogens with zero attached hydrogens (tertiary/aromatic N) is 5. The van der Waals surface area contributed by atoms with Gasteiger partial charge < -0.3 is 4.42 Å². The topological polar surface area (TPSA) is 60.0 Å². The second kappa shape index (κ2) is 7.00. The molecule has 0 radical (unpaired) electrons. The third kappa shape index (κ3) is 3.67. The molecule has 3 aromatic heterocycles. The highest BCUT2D eigenvalue weighted by molar-refractivity contribution is 7.13. The van der Waals surface area contributed by atoms with E-state index in [-0.39, 0.29) is 0 Å². The van der Waals surface area contributed by atoms with E-state index in [1.54, 1.807) is 11.3 Å². The summed E-state index contributed by atoms with van der Waals surface area (Å²) in [5.74, 6) is 1.19. The Morgan fingerprint density at radius 2 is 1.96 bits per heavy atom. The smallest absolute Gasteiger partial charge is 0.257 e. The average molecular weight is 351 g/mol. The number of rotatable bonds is 6. The van der Waals surface area contributed by atoms with Gasteiger partial charge in [0.1, 0.15) is 0 Å². The van der Waals surface area contributed by atoms with Crippen LogP contribution >= 0.6 is 11.3 Å². The zero-order chi connectivity index (χ0) is 17.1. The van der Waals surface area contributed by atoms with E-state index in [0.29, 0.717) is 18.3 Å². The quantitative estimate of drug-likeness (QED) is 0.531. The first-order valence-electron chi connectivity index (χ1n) is 7.92. The predicted octanol–water partition coefficient (Wildman–Crippen LogP) is 3.62. The fourth-order valence-corrected chi connectivity index (χ4v) is 3.22. The Morgan fingerprint density at radius 1 is 1.08 bits per heavy atom. The molecule has 0 unspecified atom stereocenters. The maximum Gasteiger partial charge on any atom is 0.257 e. The number of hydrogen-bond donors (Lipinski definition) is 0. The molecule has 0 aliphatic carbocycles. The first-order chi connectivity index (χ1) is 12.3. The van der Waals surface area contributed by atoms with Gasteiger partial charge in [-0.25, -0.2) is 4.68 Å². The largest absolute Gasteiger partial charge is 0.419 e. The van der Waals surface area contributed by atoms with Gasteiger partial charge in [-0.05, 0) is 30.6 Å². The number of thiophene rings is 1. The highest BCUT2D eigenvalue weighted by Gasteiger charge is 2.12. The van der Waals surface area contributed by atoms with E-state index >= 15 is 0 Å². The first-order valence-corrected chi connectivity index (χ1v) is 8.80. The van der Waals surface area contributed by atoms with Crippen molar-refractivity contribution in [2.24, 2.45) is 0 Å². The first kappa shape index (κ1) is 15.7. The molecule has 6 nitrogen and oxygen atoms in total. The molecule has 0 bridgehead atoms. The summed E-state index contributed by atoms with van der Waals surface area (Å²) in [6.07, 6.45) is 3.92. The van der Waals surface area contributed by atoms with Gasteiger partial charge in [0.05, 0.1) is 23.3 Å². The van der Waals surface area contributed by atoms with Crippen molar-refractivity contribution in [2.75, 3.05) is 7.05 Å². The summed E-state index contributed by atoms with van der Waals surface area (Å²) < 4.78 is 7.62. The summed E-state index contributed by atoms with van der Waals surface area (Å²) in [6.45, 7) is 1.35. The zero-order valence-electron chi connectivity index (χ0n) is 13.7. The van der Waals surface area contributed by atoms with Crippen LogP contribution in [0, 0.1) is 0 Å². The van der Waals surface area contributed by atoms with Crippen molar-refractivity contribution in [3.63, 3.8) is 0 Å². The Morgan fingerprint density at radius 3 is 2.76 bits per heavy atom. The number of para-hydroxylation sites is 1. The van der Waals surface area contributed by atoms with Crippen LogP contribution in [0.1, 0.15) is 11.5 Å². The van der Waals surface area contributed by atoms with Crippen molar-refractivity contribution >= 4 is 11.3 Å². The van der Waals surface area contributed by atoms with Crippen LogP contribution in [0.2, 0.25) is 0 Å². The lowest BCUT2D eigenvalue weighted by Crippen LogP contribution is -2.17. The van der Waals surface area contributed by atoms with E-state index in [4.69, 9.17) is 4.42 Å². The Kier molecular flexibility index (Phi) is 4.41. The molecule has 0 aliphatic rings. The second-order valence-electron chi connectivity index (χ2n) is 5.78. The van der Waals surface area contributed by atoms with Crippen molar-refractivity contribution in [3.05, 3.63) is 71.7 Å². The van der Waals surface area contributed by atoms with Gasteiger partial charge in [0.15, 0.2) is 0 Å². The van der Waals surface area contributed by atoms with Crippen molar-refractivity contribution in [2.45, 2.75) is 13.1 Å². The monoisotopic (exact) mass is 351 g/mol. The molecule has 0 saturated heterocycles. The van der Waals surface area contributed by atoms with Crippen LogP contribution < -0.4 is 0 Å². The molecule has 1 aromatic carbocycles. The van der Waals surface area contributed by atoms with Gasteiger partial charge in [0.2, 0.25) is 5.89 Å². The van der Waals surface area contributed by atoms with Crippen LogP contribution in [0.4, 0.5) is 0 Å². The molecule has 0 fully saturated rings. The van der Waals surface area contributed by atoms with Crippen LogP contribution in [0.3, 0.4) is 0 Å². The number of hydrogen-bond acceptors (Lipinski definition) is 6. The van der Waals surface area contributed by atoms with Crippen LogP contribution in [0.25, 0.3) is 16.5 Å². The summed E-state index contributed by atoms with van der Waals surface area (Å²) >= 11 is 1.59. The zero-order valence-corrected chi connectivity index (χ0v) is 14.6. The maximum atomic E-state index is 5.74. The molecule has 3 heterocycles. The van der Waals surface area contributed by atoms with Gasteiger partial charge in [-0.2, -0.15) is 5.10 Å². The van der Waals surface area contributed by atoms with Crippen molar-refractivity contribution in [1.82, 2.24) is 24.9 Å². The minimum atomic E-state index is 0.579. The Balaban J connectivity index is 1.39. The molecule has 0 saturated carbocycles. The maximum absolute atomic E-state index is 5.74. The number of benzene rings is 1. The molecule has 0 aliphatic heterocycles. The van der Waals surface area contributed by atoms with Crippen LogP contribution in [0.15, 0.2) is 64.7 Å². The van der Waals surface area contributed by atoms with Crippen molar-refractivity contribution in [3.8, 4) is 16.5 Å². The van der Waals surface area contributed by atoms with Gasteiger partial charge in [0, 0.05) is 18.3 Å². The SMILES string of the molecule is CN(Cc1cnn(-c2ccccc2)c1)Cc1nnc(-c2cccs2)o1. The lowest BCUT2D eigenvalue weighted by atomic mass is 10.3. The fourth-order valence-electron chi connectivity index (χ4n) is 2.58. The van der Waals surface area contributed by atoms with E-state index in [1.165, 1.54) is 0 Å². The summed E-state index contributed by atoms with van der Waals surface area (Å²) in [7, 11) is 2.02. The Labute approximate surface area is 149 Å². The summed E-state index contributed by atoms with van der Waals surface area (Å²) in [4.78, 5) is 3.11. The second-order valence-corrected chi connectivity index (χ2v) is 6.73. The van der Waals surface area contributed by atoms with Gasteiger partial charge >= 0.3 is 0 Å². The third-order valence-corrected chi connectivity index (χ3v) is 4.57. The Hall–Kier alpha value is -2.77. The van der Waals surface area contributed by atoms with Crippen LogP contribution in [-0.2, 0) is 13.1 Å². The van der Waals surface area contributed by atoms with Crippen molar-refractivity contribution in [1.29, 1.82) is 0 Å². The molecule has 4 rings (SSSR count). The fraction of sp³-hybridized carbons (Fsp3) is 0.167. The Bertz CT molecular complexity index is 929. The van der Waals surface area contributed by atoms with Gasteiger partial charge in [0.25, 0.3) is 5.89 Å². The molecule has 7 heteroatoms. The van der Waals surface area contributed by atoms with E-state index in [0.717, 1.165) is 22.7 Å². The highest BCUT2D eigenvalue weighted by Crippen LogP contribution is 2.23. The van der Waals surface area contributed by atoms with Gasteiger partial charge in [-0.15, -0.1) is 21.5 Å². The standard InChI is InChI=1S/C18H17N5OS/c1-22(13-17-20-21-18(24-17)16-8-5-9-25-16)11-14-10-19-23(12-14)15-6-3-2-4-7-15/h2-10,12H,11,13H2,1H3. The molecule has 25 heavy (non-hydrogen) atoms. The third-order valence-electron chi connectivity index (χ3n) is 3.71. The lowest BCUT2D eigenvalue weighted by Gasteiger charge is -2.12. The van der Waals surface area contributed by atoms with Gasteiger partial charge in [-0.3, -0.25) is 4.90 Å². The summed E-state index contributed by atoms with van der Waals surface area (Å²) in [5, 5.41) is 14.7. The van der Waals surface area contributed by atoms with E-state index < -0.39 is 0 Å². The molecular weight excluding hydrogens is 334 g/mol. The summed E-state index contributed by atoms with van der Waals surface area (Å²) in [5.41, 5.74) is 2.18. The molecule has 0 N–H and O–H groups in total. The van der Waals surface area contributed by atoms with E-state index in [2.05, 4.69) is 20.2 Å². The van der Waals surface area contributed by atoms with E-state index in [9.17, 15) is 0 Å².